The molecular formula is C16H20N2O2. The molecule has 1 saturated carbocycles. The lowest BCUT2D eigenvalue weighted by molar-refractivity contribution is -0.130. The van der Waals surface area contributed by atoms with Crippen molar-refractivity contribution in [1.82, 2.24) is 5.43 Å². The van der Waals surface area contributed by atoms with Gasteiger partial charge in [0.15, 0.2) is 0 Å². The Morgan fingerprint density at radius 3 is 2.85 bits per heavy atom. The van der Waals surface area contributed by atoms with E-state index in [2.05, 4.69) is 34.8 Å². The predicted octanol–water partition coefficient (Wildman–Crippen LogP) is 2.46. The van der Waals surface area contributed by atoms with Crippen molar-refractivity contribution in [3.63, 3.8) is 0 Å². The fourth-order valence-electron chi connectivity index (χ4n) is 2.81. The lowest BCUT2D eigenvalue weighted by Gasteiger charge is -2.07. The van der Waals surface area contributed by atoms with Crippen LogP contribution in [-0.4, -0.2) is 24.3 Å². The van der Waals surface area contributed by atoms with Gasteiger partial charge in [-0.25, -0.2) is 5.43 Å². The highest BCUT2D eigenvalue weighted by Gasteiger charge is 2.40. The Labute approximate surface area is 119 Å². The Kier molecular flexibility index (Phi) is 3.83. The molecule has 0 bridgehead atoms. The second-order valence-electron chi connectivity index (χ2n) is 5.59. The highest BCUT2D eigenvalue weighted by atomic mass is 16.5. The number of hydrogen-bond acceptors (Lipinski definition) is 3. The van der Waals surface area contributed by atoms with Crippen molar-refractivity contribution in [3.8, 4) is 0 Å². The highest BCUT2D eigenvalue weighted by Crippen LogP contribution is 2.48. The van der Waals surface area contributed by atoms with Crippen molar-refractivity contribution in [1.29, 1.82) is 0 Å². The third kappa shape index (κ3) is 2.90. The van der Waals surface area contributed by atoms with Crippen molar-refractivity contribution < 1.29 is 9.53 Å². The van der Waals surface area contributed by atoms with Crippen LogP contribution >= 0.6 is 0 Å². The first kappa shape index (κ1) is 13.3. The monoisotopic (exact) mass is 272 g/mol. The van der Waals surface area contributed by atoms with Crippen molar-refractivity contribution in [2.45, 2.75) is 38.2 Å². The third-order valence-corrected chi connectivity index (χ3v) is 4.12. The molecule has 4 nitrogen and oxygen atoms in total. The van der Waals surface area contributed by atoms with Crippen molar-refractivity contribution >= 4 is 11.6 Å². The van der Waals surface area contributed by atoms with E-state index in [9.17, 15) is 4.79 Å². The average Bonchev–Trinajstić information content (AvgIpc) is 3.10. The second-order valence-corrected chi connectivity index (χ2v) is 5.59. The summed E-state index contributed by atoms with van der Waals surface area (Å²) in [7, 11) is 0. The number of nitrogens with zero attached hydrogens (tertiary/aromatic N) is 1. The number of hydrogen-bond donors (Lipinski definition) is 1. The first-order chi connectivity index (χ1) is 9.75. The molecule has 1 N–H and O–H groups in total. The fourth-order valence-corrected chi connectivity index (χ4v) is 2.81. The minimum atomic E-state index is -0.310. The molecule has 0 radical (unpaired) electrons. The van der Waals surface area contributed by atoms with Gasteiger partial charge in [-0.1, -0.05) is 30.3 Å². The summed E-state index contributed by atoms with van der Waals surface area (Å²) in [6, 6.07) is 10.5. The first-order valence-electron chi connectivity index (χ1n) is 7.26. The molecule has 1 aromatic carbocycles. The van der Waals surface area contributed by atoms with Crippen LogP contribution in [0.5, 0.6) is 0 Å². The van der Waals surface area contributed by atoms with Crippen LogP contribution in [0.3, 0.4) is 0 Å². The van der Waals surface area contributed by atoms with Gasteiger partial charge >= 0.3 is 0 Å². The molecule has 1 aliphatic heterocycles. The van der Waals surface area contributed by atoms with Crippen LogP contribution in [0, 0.1) is 5.92 Å². The predicted molar refractivity (Wildman–Crippen MR) is 77.5 cm³/mol. The number of nitrogens with one attached hydrogen (secondary N) is 1. The molecule has 3 atom stereocenters. The van der Waals surface area contributed by atoms with Crippen LogP contribution in [0.1, 0.15) is 37.7 Å². The van der Waals surface area contributed by atoms with Gasteiger partial charge in [0.25, 0.3) is 5.91 Å². The van der Waals surface area contributed by atoms with Crippen molar-refractivity contribution in [3.05, 3.63) is 35.9 Å². The van der Waals surface area contributed by atoms with E-state index in [1.807, 2.05) is 13.0 Å². The Bertz CT molecular complexity index is 506. The Morgan fingerprint density at radius 1 is 1.35 bits per heavy atom. The Balaban J connectivity index is 1.53. The topological polar surface area (TPSA) is 50.7 Å². The van der Waals surface area contributed by atoms with Gasteiger partial charge in [-0.3, -0.25) is 4.79 Å². The molecular weight excluding hydrogens is 252 g/mol. The summed E-state index contributed by atoms with van der Waals surface area (Å²) >= 11 is 0. The van der Waals surface area contributed by atoms with Crippen LogP contribution in [0.25, 0.3) is 0 Å². The molecule has 0 spiro atoms. The fraction of sp³-hybridized carbons (Fsp3) is 0.500. The zero-order valence-corrected chi connectivity index (χ0v) is 11.7. The minimum absolute atomic E-state index is 0.112. The molecule has 1 saturated heterocycles. The molecule has 4 heteroatoms. The normalized spacial score (nSPS) is 29.2. The van der Waals surface area contributed by atoms with Gasteiger partial charge in [0, 0.05) is 18.2 Å². The van der Waals surface area contributed by atoms with Gasteiger partial charge in [-0.15, -0.1) is 0 Å². The lowest BCUT2D eigenvalue weighted by Crippen LogP contribution is -2.31. The van der Waals surface area contributed by atoms with E-state index in [0.717, 1.165) is 25.0 Å². The maximum Gasteiger partial charge on any atom is 0.269 e. The molecule has 1 aliphatic carbocycles. The smallest absolute Gasteiger partial charge is 0.269 e. The van der Waals surface area contributed by atoms with Gasteiger partial charge in [0.1, 0.15) is 6.10 Å². The first-order valence-corrected chi connectivity index (χ1v) is 7.26. The van der Waals surface area contributed by atoms with Gasteiger partial charge < -0.3 is 4.74 Å². The van der Waals surface area contributed by atoms with Crippen LogP contribution in [0.2, 0.25) is 0 Å². The molecule has 106 valence electrons. The molecule has 3 rings (SSSR count). The maximum absolute atomic E-state index is 11.8. The summed E-state index contributed by atoms with van der Waals surface area (Å²) < 4.78 is 5.33. The molecule has 2 aliphatic rings. The van der Waals surface area contributed by atoms with E-state index >= 15 is 0 Å². The largest absolute Gasteiger partial charge is 0.368 e. The number of hydrazone groups is 1. The third-order valence-electron chi connectivity index (χ3n) is 4.12. The summed E-state index contributed by atoms with van der Waals surface area (Å²) in [6.45, 7) is 2.67. The van der Waals surface area contributed by atoms with Crippen LogP contribution in [0.4, 0.5) is 0 Å². The molecule has 1 aromatic rings. The number of ether oxygens (including phenoxy) is 1. The molecule has 1 amide bonds. The number of amides is 1. The van der Waals surface area contributed by atoms with Crippen LogP contribution < -0.4 is 5.43 Å². The summed E-state index contributed by atoms with van der Waals surface area (Å²) in [5.74, 6) is 0.903. The summed E-state index contributed by atoms with van der Waals surface area (Å²) in [6.07, 6.45) is 2.57. The Morgan fingerprint density at radius 2 is 2.15 bits per heavy atom. The maximum atomic E-state index is 11.8. The molecule has 20 heavy (non-hydrogen) atoms. The van der Waals surface area contributed by atoms with E-state index in [1.165, 1.54) is 5.56 Å². The number of carbonyl (C=O) groups excluding carboxylic acids is 1. The SMILES string of the molecule is CC(=NNC(=O)C1CCCO1)C1CC1c1ccccc1. The van der Waals surface area contributed by atoms with Crippen LogP contribution in [-0.2, 0) is 9.53 Å². The Hall–Kier alpha value is -1.68. The van der Waals surface area contributed by atoms with E-state index in [0.29, 0.717) is 18.4 Å². The van der Waals surface area contributed by atoms with Gasteiger partial charge in [-0.05, 0) is 37.7 Å². The molecule has 2 fully saturated rings. The van der Waals surface area contributed by atoms with Crippen molar-refractivity contribution in [2.75, 3.05) is 6.61 Å². The summed E-state index contributed by atoms with van der Waals surface area (Å²) in [5, 5.41) is 4.24. The summed E-state index contributed by atoms with van der Waals surface area (Å²) in [4.78, 5) is 11.8. The van der Waals surface area contributed by atoms with Gasteiger partial charge in [0.2, 0.25) is 0 Å². The van der Waals surface area contributed by atoms with Gasteiger partial charge in [0.05, 0.1) is 0 Å². The lowest BCUT2D eigenvalue weighted by atomic mass is 10.1. The zero-order chi connectivity index (χ0) is 13.9. The van der Waals surface area contributed by atoms with Crippen molar-refractivity contribution in [2.24, 2.45) is 11.0 Å². The van der Waals surface area contributed by atoms with E-state index < -0.39 is 0 Å². The quantitative estimate of drug-likeness (QED) is 0.676. The number of benzene rings is 1. The standard InChI is InChI=1S/C16H20N2O2/c1-11(17-18-16(19)15-8-5-9-20-15)13-10-14(13)12-6-3-2-4-7-12/h2-4,6-7,13-15H,5,8-10H2,1H3,(H,18,19). The van der Waals surface area contributed by atoms with Crippen LogP contribution in [0.15, 0.2) is 35.4 Å². The van der Waals surface area contributed by atoms with E-state index in [4.69, 9.17) is 4.74 Å². The second kappa shape index (κ2) is 5.75. The van der Waals surface area contributed by atoms with E-state index in [-0.39, 0.29) is 12.0 Å². The average molecular weight is 272 g/mol. The zero-order valence-electron chi connectivity index (χ0n) is 11.7. The minimum Gasteiger partial charge on any atom is -0.368 e. The molecule has 1 heterocycles. The molecule has 0 aromatic heterocycles. The summed E-state index contributed by atoms with van der Waals surface area (Å²) in [5.41, 5.74) is 5.01. The van der Waals surface area contributed by atoms with Gasteiger partial charge in [-0.2, -0.15) is 5.10 Å². The van der Waals surface area contributed by atoms with E-state index in [1.54, 1.807) is 0 Å². The highest BCUT2D eigenvalue weighted by molar-refractivity contribution is 5.90. The molecule has 3 unspecified atom stereocenters. The number of carbonyl (C=O) groups is 1. The number of rotatable bonds is 4.